The predicted octanol–water partition coefficient (Wildman–Crippen LogP) is 18.6. The van der Waals surface area contributed by atoms with Gasteiger partial charge in [0.15, 0.2) is 0 Å². The Bertz CT molecular complexity index is 5960. The van der Waals surface area contributed by atoms with Crippen LogP contribution in [0.2, 0.25) is 0 Å². The maximum Gasteiger partial charge on any atom is 3.00 e. The van der Waals surface area contributed by atoms with Crippen molar-refractivity contribution in [3.8, 4) is 68.3 Å². The van der Waals surface area contributed by atoms with Crippen LogP contribution < -0.4 is 24.4 Å². The summed E-state index contributed by atoms with van der Waals surface area (Å²) in [6.45, 7) is 9.52. The Morgan fingerprint density at radius 2 is 0.838 bits per heavy atom. The molecule has 682 valence electrons. The molecular formula is C91H68F11Ir5N14O9-4. The number of nitrogens with zero attached hydrogens (tertiary/aromatic N) is 14. The van der Waals surface area contributed by atoms with E-state index in [-0.39, 0.29) is 134 Å². The first-order valence-electron chi connectivity index (χ1n) is 36.3. The normalized spacial score (nSPS) is 10.3. The first-order chi connectivity index (χ1) is 59.8. The summed E-state index contributed by atoms with van der Waals surface area (Å²) in [6, 6.07) is 64.3. The molecule has 0 spiro atoms. The van der Waals surface area contributed by atoms with Gasteiger partial charge in [-0.15, -0.1) is 60.2 Å². The van der Waals surface area contributed by atoms with Gasteiger partial charge in [-0.25, -0.2) is 29.3 Å². The second-order valence-corrected chi connectivity index (χ2v) is 25.3. The van der Waals surface area contributed by atoms with E-state index in [0.29, 0.717) is 58.5 Å². The fraction of sp³-hybridized carbons (Fsp3) is 0.0989. The van der Waals surface area contributed by atoms with Crippen molar-refractivity contribution in [2.24, 2.45) is 0 Å². The number of ether oxygens (including phenoxy) is 2. The second kappa shape index (κ2) is 55.9. The molecule has 0 saturated carbocycles. The zero-order chi connectivity index (χ0) is 90.7. The minimum absolute atomic E-state index is 0. The third-order valence-electron chi connectivity index (χ3n) is 16.1. The van der Waals surface area contributed by atoms with Gasteiger partial charge in [-0.2, -0.15) is 25.9 Å². The Kier molecular flexibility index (Phi) is 48.0. The summed E-state index contributed by atoms with van der Waals surface area (Å²) in [7, 11) is 5.05. The Balaban J connectivity index is 0.000000380. The minimum atomic E-state index is -5.37. The van der Waals surface area contributed by atoms with Crippen molar-refractivity contribution in [3.63, 3.8) is 0 Å². The molecule has 0 atom stereocenters. The Morgan fingerprint density at radius 3 is 1.23 bits per heavy atom. The van der Waals surface area contributed by atoms with Crippen LogP contribution in [0.1, 0.15) is 69.9 Å². The van der Waals surface area contributed by atoms with Crippen molar-refractivity contribution in [2.45, 2.75) is 40.4 Å². The molecule has 0 bridgehead atoms. The number of alkyl halides is 3. The molecule has 10 aromatic heterocycles. The van der Waals surface area contributed by atoms with Gasteiger partial charge in [0.05, 0.1) is 31.5 Å². The van der Waals surface area contributed by atoms with E-state index in [9.17, 15) is 67.5 Å². The SMILES string of the molecule is CN1[CH-]N(Cc2[c-]cc(F)cc2F)c2ccccc21.COc1c[c-]c(-c2cc(C)ccn2)c(OC)n1.Cc1ccnc(-c2[c-]cc(F)c(C(=O)C(F)(F)F)c2F)c1.Cc1ccnc(C(=O)O)c1.Cc1n[n-]c(-c2ccccn2)n1.Fc1c[c-]c(-c2ccccn2)c(F)c1.Fc1c[c-]c(-c2ccccn2)c(F)c1.O=C(O)c1ccccn1.O=C(O)c1ccccn1.[Ir+3].[Ir].[Ir].[Ir].[Ir]. The number of methoxy groups -OCH3 is 2. The number of ketones is 1. The number of halogens is 11. The number of fused-ring (bicyclic) bond motifs is 1. The monoisotopic (exact) mass is 2670 g/mol. The Morgan fingerprint density at radius 1 is 0.431 bits per heavy atom. The summed E-state index contributed by atoms with van der Waals surface area (Å²) in [4.78, 5) is 84.7. The topological polar surface area (TPSA) is 310 Å². The van der Waals surface area contributed by atoms with Gasteiger partial charge in [0.2, 0.25) is 0 Å². The van der Waals surface area contributed by atoms with E-state index in [1.165, 1.54) is 49.1 Å². The molecule has 3 N–H and O–H groups in total. The molecule has 23 nitrogen and oxygen atoms in total. The zero-order valence-electron chi connectivity index (χ0n) is 68.3. The Hall–Kier alpha value is -12.7. The summed E-state index contributed by atoms with van der Waals surface area (Å²) in [5.41, 5.74) is 6.75. The minimum Gasteiger partial charge on any atom is -0.524 e. The molecule has 16 rings (SSSR count). The van der Waals surface area contributed by atoms with Gasteiger partial charge in [0, 0.05) is 188 Å². The van der Waals surface area contributed by atoms with Gasteiger partial charge in [0.25, 0.3) is 5.78 Å². The number of aromatic nitrogens is 12. The van der Waals surface area contributed by atoms with Crippen LogP contribution in [-0.2, 0) is 107 Å². The fourth-order valence-electron chi connectivity index (χ4n) is 10.3. The number of carbonyl (C=O) groups excluding carboxylic acids is 1. The predicted molar refractivity (Wildman–Crippen MR) is 437 cm³/mol. The van der Waals surface area contributed by atoms with Crippen LogP contribution in [0.4, 0.5) is 59.7 Å². The van der Waals surface area contributed by atoms with Crippen LogP contribution in [0.5, 0.6) is 11.8 Å². The number of anilines is 2. The van der Waals surface area contributed by atoms with Gasteiger partial charge >= 0.3 is 44.2 Å². The molecule has 1 aliphatic rings. The second-order valence-electron chi connectivity index (χ2n) is 25.3. The van der Waals surface area contributed by atoms with Crippen LogP contribution >= 0.6 is 0 Å². The Labute approximate surface area is 805 Å². The van der Waals surface area contributed by atoms with Crippen molar-refractivity contribution in [2.75, 3.05) is 31.1 Å². The molecule has 0 saturated heterocycles. The van der Waals surface area contributed by atoms with E-state index in [1.54, 1.807) is 132 Å². The van der Waals surface area contributed by atoms with E-state index in [0.717, 1.165) is 75.9 Å². The average Bonchev–Trinajstić information content (AvgIpc) is 1.09. The first kappa shape index (κ1) is 112. The molecule has 0 aliphatic carbocycles. The number of carbonyl (C=O) groups is 4. The van der Waals surface area contributed by atoms with E-state index in [4.69, 9.17) is 24.8 Å². The number of carboxylic acid groups (broad SMARTS) is 3. The van der Waals surface area contributed by atoms with Gasteiger partial charge in [-0.3, -0.25) is 55.0 Å². The van der Waals surface area contributed by atoms with Crippen LogP contribution in [0, 0.1) is 111 Å². The molecule has 15 aromatic rings. The molecule has 5 aromatic carbocycles. The first-order valence-corrected chi connectivity index (χ1v) is 36.3. The van der Waals surface area contributed by atoms with Crippen LogP contribution in [0.25, 0.3) is 56.5 Å². The van der Waals surface area contributed by atoms with Crippen molar-refractivity contribution in [1.82, 2.24) is 60.0 Å². The number of aromatic carboxylic acids is 3. The van der Waals surface area contributed by atoms with Gasteiger partial charge in [-0.1, -0.05) is 118 Å². The molecule has 39 heteroatoms. The largest absolute Gasteiger partial charge is 3.00 e. The number of para-hydroxylation sites is 2. The average molecular weight is 2670 g/mol. The zero-order valence-corrected chi connectivity index (χ0v) is 80.3. The maximum atomic E-state index is 14.1. The number of benzene rings is 5. The quantitative estimate of drug-likeness (QED) is 0.0548. The van der Waals surface area contributed by atoms with Gasteiger partial charge in [0.1, 0.15) is 28.8 Å². The molecule has 1 aliphatic heterocycles. The molecule has 11 heterocycles. The number of rotatable bonds is 13. The van der Waals surface area contributed by atoms with Crippen LogP contribution in [0.3, 0.4) is 0 Å². The summed E-state index contributed by atoms with van der Waals surface area (Å²) < 4.78 is 153. The molecule has 0 amide bonds. The van der Waals surface area contributed by atoms with Crippen LogP contribution in [0.15, 0.2) is 250 Å². The number of hydrogen-bond donors (Lipinski definition) is 3. The number of aryl methyl sites for hydroxylation is 4. The molecule has 0 fully saturated rings. The van der Waals surface area contributed by atoms with Crippen molar-refractivity contribution in [1.29, 1.82) is 0 Å². The molecule has 130 heavy (non-hydrogen) atoms. The summed E-state index contributed by atoms with van der Waals surface area (Å²) >= 11 is 0. The fourth-order valence-corrected chi connectivity index (χ4v) is 10.3. The van der Waals surface area contributed by atoms with Crippen molar-refractivity contribution in [3.05, 3.63) is 384 Å². The number of hydrogen-bond acceptors (Lipinski definition) is 19. The van der Waals surface area contributed by atoms with Gasteiger partial charge in [-0.05, 0) is 160 Å². The number of pyridine rings is 9. The maximum absolute atomic E-state index is 14.1. The molecular weight excluding hydrogens is 2600 g/mol. The van der Waals surface area contributed by atoms with Crippen molar-refractivity contribution < 1.29 is 193 Å². The number of Topliss-reactive ketones (excluding diaryl/α,β-unsaturated/α-hetero) is 1. The van der Waals surface area contributed by atoms with Crippen molar-refractivity contribution >= 4 is 35.1 Å². The van der Waals surface area contributed by atoms with E-state index in [2.05, 4.69) is 90.4 Å². The number of carboxylic acids is 3. The summed E-state index contributed by atoms with van der Waals surface area (Å²) in [5, 5.41) is 32.7. The van der Waals surface area contributed by atoms with Gasteiger partial charge < -0.3 is 64.6 Å². The molecule has 4 radical (unpaired) electrons. The van der Waals surface area contributed by atoms with E-state index >= 15 is 0 Å². The van der Waals surface area contributed by atoms with Crippen LogP contribution in [-0.4, -0.2) is 121 Å². The van der Waals surface area contributed by atoms with E-state index in [1.807, 2.05) is 92.0 Å². The van der Waals surface area contributed by atoms with E-state index < -0.39 is 87.5 Å². The molecule has 0 unspecified atom stereocenters. The third-order valence-corrected chi connectivity index (χ3v) is 16.1. The summed E-state index contributed by atoms with van der Waals surface area (Å²) in [5.74, 6) is -10.3. The summed E-state index contributed by atoms with van der Waals surface area (Å²) in [6.07, 6.45) is 6.87. The third kappa shape index (κ3) is 34.7. The standard InChI is InChI=1S/C15H12F2N2.C14H7F5NO.C13H13N2O2.2C11H6F2N.C8H7N4.C7H7NO2.2C6H5NO2.5Ir/c1-18-10-19(15-5-3-2-4-14(15)18)9-11-6-7-12(16)8-13(11)17;1-7-4-5-20-10(6-7)8-2-3-9(15)11(12(8)16)13(21)14(17,18)19;1-9-6-7-14-11(8-9)10-4-5-12(16-2)15-13(10)17-3;2*12-8-4-5-9(10(13)7-8)11-3-1-2-6-14-11;1-6-10-8(12-11-6)7-4-2-3-5-9-7;1-5-2-3-8-6(4-5)7(9)10;2*8-6(9)5-3-1-2-4-7-5;;;;;/h2-5,7-8,10H,9H2,1H3;3-6H,1H3;5-8H,1-3H3;2*1-4,6-7H;2-5H,1H3;2-4H,1H3,(H,9,10);2*1-4H,(H,8,9);;;;;/q-2;5*-1;;;;;;;;+3. The smallest absolute Gasteiger partial charge is 0.524 e.